The molecule has 0 atom stereocenters. The van der Waals surface area contributed by atoms with Crippen LogP contribution in [-0.4, -0.2) is 60.7 Å². The van der Waals surface area contributed by atoms with Crippen molar-refractivity contribution in [3.63, 3.8) is 0 Å². The van der Waals surface area contributed by atoms with E-state index in [0.717, 1.165) is 83.6 Å². The largest absolute Gasteiger partial charge is 0.496 e. The third-order valence-corrected chi connectivity index (χ3v) is 8.29. The first-order valence-electron chi connectivity index (χ1n) is 15.0. The smallest absolute Gasteiger partial charge is 0.158 e. The van der Waals surface area contributed by atoms with E-state index in [4.69, 9.17) is 19.7 Å². The van der Waals surface area contributed by atoms with Gasteiger partial charge in [-0.05, 0) is 48.6 Å². The molecule has 1 aliphatic carbocycles. The number of hydrogen-bond donors (Lipinski definition) is 2. The van der Waals surface area contributed by atoms with Gasteiger partial charge in [0.05, 0.1) is 24.4 Å². The molecule has 1 aromatic carbocycles. The third-order valence-electron chi connectivity index (χ3n) is 8.29. The Hall–Kier alpha value is -4.04. The first-order chi connectivity index (χ1) is 20.3. The van der Waals surface area contributed by atoms with Gasteiger partial charge in [-0.25, -0.2) is 15.0 Å². The standard InChI is InChI=1S/C31H33N7O.C2H6/c1-39-27-8-3-2-7-24(27)25-18-22-17-21(9-12-34-29(22)35-25)30-36-26-19-33-11-10-23(20-5-4-6-20)28(26)31(37-30)38-15-13-32-14-16-38;1-2/h2-3,7-9,11-12,18-20,32,35H,4-6,10,13-17H2,1H3;1-2H3. The summed E-state index contributed by atoms with van der Waals surface area (Å²) in [5.41, 5.74) is 5.63. The Labute approximate surface area is 241 Å². The van der Waals surface area contributed by atoms with Crippen LogP contribution >= 0.6 is 0 Å². The van der Waals surface area contributed by atoms with Gasteiger partial charge in [-0.2, -0.15) is 0 Å². The maximum Gasteiger partial charge on any atom is 0.158 e. The van der Waals surface area contributed by atoms with E-state index < -0.39 is 0 Å². The molecular weight excluding hydrogens is 510 g/mol. The first kappa shape index (κ1) is 27.1. The number of aromatic amines is 1. The van der Waals surface area contributed by atoms with Crippen molar-refractivity contribution in [1.82, 2.24) is 20.3 Å². The second-order valence-corrected chi connectivity index (χ2v) is 10.6. The van der Waals surface area contributed by atoms with E-state index in [1.165, 1.54) is 30.1 Å². The summed E-state index contributed by atoms with van der Waals surface area (Å²) in [6, 6.07) is 10.2. The van der Waals surface area contributed by atoms with Crippen LogP contribution < -0.4 is 25.5 Å². The van der Waals surface area contributed by atoms with Crippen LogP contribution in [0.25, 0.3) is 28.6 Å². The lowest BCUT2D eigenvalue weighted by Crippen LogP contribution is -2.49. The third kappa shape index (κ3) is 5.36. The number of allylic oxidation sites excluding steroid dienone is 2. The number of anilines is 1. The Morgan fingerprint density at radius 1 is 1.05 bits per heavy atom. The predicted octanol–water partition coefficient (Wildman–Crippen LogP) is 4.42. The molecule has 8 heteroatoms. The van der Waals surface area contributed by atoms with Gasteiger partial charge >= 0.3 is 0 Å². The first-order valence-corrected chi connectivity index (χ1v) is 15.0. The van der Waals surface area contributed by atoms with E-state index in [1.807, 2.05) is 50.7 Å². The highest BCUT2D eigenvalue weighted by Gasteiger charge is 2.27. The average molecular weight is 550 g/mol. The summed E-state index contributed by atoms with van der Waals surface area (Å²) in [5.74, 6) is 4.11. The van der Waals surface area contributed by atoms with Crippen molar-refractivity contribution in [2.45, 2.75) is 46.0 Å². The molecule has 8 nitrogen and oxygen atoms in total. The zero-order valence-corrected chi connectivity index (χ0v) is 24.3. The normalized spacial score (nSPS) is 18.1. The molecule has 0 bridgehead atoms. The van der Waals surface area contributed by atoms with Crippen LogP contribution in [0.15, 0.2) is 46.4 Å². The quantitative estimate of drug-likeness (QED) is 0.492. The number of methoxy groups -OCH3 is 1. The maximum atomic E-state index is 5.60. The van der Waals surface area contributed by atoms with Gasteiger partial charge in [0.1, 0.15) is 17.4 Å². The molecule has 41 heavy (non-hydrogen) atoms. The second kappa shape index (κ2) is 12.2. The minimum atomic E-state index is 0.609. The van der Waals surface area contributed by atoms with Crippen molar-refractivity contribution >= 4 is 41.4 Å². The molecule has 0 amide bonds. The maximum absolute atomic E-state index is 5.60. The number of H-pyrrole nitrogens is 1. The van der Waals surface area contributed by atoms with Crippen LogP contribution in [0.3, 0.4) is 0 Å². The highest BCUT2D eigenvalue weighted by Crippen LogP contribution is 2.37. The van der Waals surface area contributed by atoms with Gasteiger partial charge in [-0.3, -0.25) is 4.99 Å². The highest BCUT2D eigenvalue weighted by molar-refractivity contribution is 5.89. The number of aliphatic imine (C=N–C) groups is 2. The molecule has 7 rings (SSSR count). The van der Waals surface area contributed by atoms with Gasteiger partial charge in [0, 0.05) is 73.4 Å². The molecule has 2 aromatic heterocycles. The number of nitrogens with zero attached hydrogens (tertiary/aromatic N) is 5. The Bertz CT molecular complexity index is 1620. The van der Waals surface area contributed by atoms with E-state index in [9.17, 15) is 0 Å². The van der Waals surface area contributed by atoms with Gasteiger partial charge in [-0.15, -0.1) is 0 Å². The van der Waals surface area contributed by atoms with Gasteiger partial charge in [0.15, 0.2) is 5.82 Å². The SMILES string of the molecule is CC.COc1ccccc1-c1cc2c([nH]1)N=CC=C(c1nc(N3CCNCC3)c3c(n1)=CN=CCC=3C1CCC1)C2. The molecule has 3 aliphatic heterocycles. The molecule has 212 valence electrons. The molecule has 1 saturated heterocycles. The van der Waals surface area contributed by atoms with Crippen LogP contribution in [0.2, 0.25) is 0 Å². The van der Waals surface area contributed by atoms with Gasteiger partial charge in [-0.1, -0.05) is 32.4 Å². The minimum Gasteiger partial charge on any atom is -0.496 e. The lowest BCUT2D eigenvalue weighted by Gasteiger charge is -2.32. The molecule has 5 heterocycles. The Kier molecular flexibility index (Phi) is 8.09. The fraction of sp³-hybridized carbons (Fsp3) is 0.394. The molecular formula is C33H39N7O. The van der Waals surface area contributed by atoms with Gasteiger partial charge in [0.2, 0.25) is 0 Å². The van der Waals surface area contributed by atoms with Crippen LogP contribution in [0.4, 0.5) is 11.6 Å². The molecule has 0 spiro atoms. The topological polar surface area (TPSA) is 90.8 Å². The zero-order chi connectivity index (χ0) is 28.2. The number of para-hydroxylation sites is 1. The Morgan fingerprint density at radius 3 is 2.66 bits per heavy atom. The van der Waals surface area contributed by atoms with Crippen molar-refractivity contribution in [1.29, 1.82) is 0 Å². The summed E-state index contributed by atoms with van der Waals surface area (Å²) in [7, 11) is 1.70. The highest BCUT2D eigenvalue weighted by atomic mass is 16.5. The minimum absolute atomic E-state index is 0.609. The van der Waals surface area contributed by atoms with E-state index in [2.05, 4.69) is 38.4 Å². The van der Waals surface area contributed by atoms with Gasteiger partial charge < -0.3 is 19.9 Å². The summed E-state index contributed by atoms with van der Waals surface area (Å²) in [6.07, 6.45) is 13.2. The number of hydrogen-bond acceptors (Lipinski definition) is 7. The lowest BCUT2D eigenvalue weighted by atomic mass is 9.78. The molecule has 2 fully saturated rings. The predicted molar refractivity (Wildman–Crippen MR) is 169 cm³/mol. The molecule has 0 unspecified atom stereocenters. The summed E-state index contributed by atoms with van der Waals surface area (Å²) in [5, 5.41) is 5.64. The van der Waals surface area contributed by atoms with E-state index in [0.29, 0.717) is 12.3 Å². The number of aromatic nitrogens is 3. The summed E-state index contributed by atoms with van der Waals surface area (Å²) in [6.45, 7) is 7.79. The summed E-state index contributed by atoms with van der Waals surface area (Å²) in [4.78, 5) is 25.7. The molecule has 1 saturated carbocycles. The van der Waals surface area contributed by atoms with E-state index in [-0.39, 0.29) is 0 Å². The van der Waals surface area contributed by atoms with Crippen molar-refractivity contribution in [3.05, 3.63) is 58.4 Å². The molecule has 2 N–H and O–H groups in total. The molecule has 0 radical (unpaired) electrons. The zero-order valence-electron chi connectivity index (χ0n) is 24.3. The Morgan fingerprint density at radius 2 is 1.88 bits per heavy atom. The van der Waals surface area contributed by atoms with Crippen LogP contribution in [0, 0.1) is 5.92 Å². The number of ether oxygens (including phenoxy) is 1. The molecule has 3 aromatic rings. The van der Waals surface area contributed by atoms with Crippen molar-refractivity contribution in [2.75, 3.05) is 38.2 Å². The summed E-state index contributed by atoms with van der Waals surface area (Å²) >= 11 is 0. The number of benzene rings is 1. The van der Waals surface area contributed by atoms with E-state index in [1.54, 1.807) is 7.11 Å². The number of rotatable bonds is 5. The van der Waals surface area contributed by atoms with Crippen LogP contribution in [0.5, 0.6) is 5.75 Å². The van der Waals surface area contributed by atoms with Gasteiger partial charge in [0.25, 0.3) is 0 Å². The number of fused-ring (bicyclic) bond motifs is 2. The van der Waals surface area contributed by atoms with Crippen LogP contribution in [-0.2, 0) is 6.42 Å². The fourth-order valence-electron chi connectivity index (χ4n) is 5.99. The van der Waals surface area contributed by atoms with Crippen molar-refractivity contribution in [3.8, 4) is 17.0 Å². The van der Waals surface area contributed by atoms with Crippen LogP contribution in [0.1, 0.15) is 50.9 Å². The molecule has 4 aliphatic rings. The number of piperazine rings is 1. The lowest BCUT2D eigenvalue weighted by molar-refractivity contribution is 0.395. The fourth-order valence-corrected chi connectivity index (χ4v) is 5.99. The van der Waals surface area contributed by atoms with E-state index >= 15 is 0 Å². The van der Waals surface area contributed by atoms with Crippen molar-refractivity contribution < 1.29 is 4.74 Å². The second-order valence-electron chi connectivity index (χ2n) is 10.6. The van der Waals surface area contributed by atoms with Crippen molar-refractivity contribution in [2.24, 2.45) is 15.9 Å². The Balaban J connectivity index is 0.00000148. The summed E-state index contributed by atoms with van der Waals surface area (Å²) < 4.78 is 5.60. The monoisotopic (exact) mass is 549 g/mol. The number of nitrogens with one attached hydrogen (secondary N) is 2. The average Bonchev–Trinajstić information content (AvgIpc) is 3.14.